The van der Waals surface area contributed by atoms with Gasteiger partial charge in [-0.05, 0) is 30.7 Å². The number of carbonyl (C=O) groups excluding carboxylic acids is 1. The van der Waals surface area contributed by atoms with Crippen LogP contribution in [0.3, 0.4) is 0 Å². The second-order valence-corrected chi connectivity index (χ2v) is 8.59. The van der Waals surface area contributed by atoms with Crippen LogP contribution in [0.2, 0.25) is 0 Å². The Labute approximate surface area is 209 Å². The van der Waals surface area contributed by atoms with Gasteiger partial charge < -0.3 is 24.8 Å². The van der Waals surface area contributed by atoms with Crippen LogP contribution in [0.5, 0.6) is 11.5 Å². The number of benzene rings is 1. The molecule has 2 aromatic heterocycles. The number of fused-ring (bicyclic) bond motifs is 3. The summed E-state index contributed by atoms with van der Waals surface area (Å²) in [5.74, 6) is 2.27. The number of anilines is 2. The Morgan fingerprint density at radius 3 is 2.83 bits per heavy atom. The maximum Gasteiger partial charge on any atom is 0.281 e. The number of methoxy groups -OCH3 is 1. The van der Waals surface area contributed by atoms with E-state index in [1.807, 2.05) is 16.7 Å². The van der Waals surface area contributed by atoms with Gasteiger partial charge in [-0.15, -0.1) is 0 Å². The maximum absolute atomic E-state index is 12.9. The van der Waals surface area contributed by atoms with E-state index in [9.17, 15) is 4.79 Å². The van der Waals surface area contributed by atoms with Crippen molar-refractivity contribution in [1.29, 1.82) is 0 Å². The number of nitrogens with one attached hydrogen (secondary N) is 2. The minimum Gasteiger partial charge on any atom is -0.491 e. The minimum absolute atomic E-state index is 0.313. The highest BCUT2D eigenvalue weighted by Crippen LogP contribution is 2.37. The second-order valence-electron chi connectivity index (χ2n) is 8.59. The zero-order valence-corrected chi connectivity index (χ0v) is 20.6. The van der Waals surface area contributed by atoms with E-state index in [0.717, 1.165) is 57.0 Å². The van der Waals surface area contributed by atoms with E-state index in [0.29, 0.717) is 47.2 Å². The molecule has 5 rings (SSSR count). The van der Waals surface area contributed by atoms with Gasteiger partial charge in [-0.1, -0.05) is 0 Å². The van der Waals surface area contributed by atoms with Crippen LogP contribution < -0.4 is 25.7 Å². The SMILES string of the molecule is CNc1ccc(C(=O)N=c2nc3c(OC)c(OCCCN4CCOCC4)ccc3c3n2CCN3)cn1. The molecule has 1 aromatic carbocycles. The predicted molar refractivity (Wildman–Crippen MR) is 136 cm³/mol. The molecule has 11 nitrogen and oxygen atoms in total. The molecule has 0 unspecified atom stereocenters. The highest BCUT2D eigenvalue weighted by atomic mass is 16.5. The lowest BCUT2D eigenvalue weighted by molar-refractivity contribution is 0.0357. The first kappa shape index (κ1) is 24.0. The second kappa shape index (κ2) is 10.9. The standard InChI is InChI=1S/C25H31N7O4/c1-26-20-7-4-17(16-28-20)24(33)30-25-29-21-18(23-27-8-10-32(23)25)5-6-19(22(21)34-2)36-13-3-9-31-11-14-35-15-12-31/h4-7,16,27H,3,8-15H2,1-2H3,(H,26,28). The maximum atomic E-state index is 12.9. The summed E-state index contributed by atoms with van der Waals surface area (Å²) in [6.07, 6.45) is 2.40. The molecule has 0 bridgehead atoms. The molecule has 190 valence electrons. The Hall–Kier alpha value is -3.70. The third kappa shape index (κ3) is 4.98. The van der Waals surface area contributed by atoms with Crippen molar-refractivity contribution in [3.8, 4) is 11.5 Å². The van der Waals surface area contributed by atoms with Gasteiger partial charge in [0.25, 0.3) is 5.91 Å². The van der Waals surface area contributed by atoms with E-state index in [2.05, 4.69) is 25.5 Å². The summed E-state index contributed by atoms with van der Waals surface area (Å²) >= 11 is 0. The number of carbonyl (C=O) groups is 1. The van der Waals surface area contributed by atoms with Gasteiger partial charge in [-0.3, -0.25) is 14.3 Å². The Kier molecular flexibility index (Phi) is 7.28. The number of rotatable bonds is 8. The number of pyridine rings is 1. The normalized spacial score (nSPS) is 16.0. The lowest BCUT2D eigenvalue weighted by atomic mass is 10.2. The van der Waals surface area contributed by atoms with Crippen molar-refractivity contribution in [3.63, 3.8) is 0 Å². The summed E-state index contributed by atoms with van der Waals surface area (Å²) in [5, 5.41) is 7.21. The van der Waals surface area contributed by atoms with Crippen molar-refractivity contribution in [2.75, 3.05) is 70.8 Å². The molecule has 0 radical (unpaired) electrons. The average Bonchev–Trinajstić information content (AvgIpc) is 3.42. The molecule has 1 fully saturated rings. The fourth-order valence-electron chi connectivity index (χ4n) is 4.46. The molecule has 0 spiro atoms. The predicted octanol–water partition coefficient (Wildman–Crippen LogP) is 1.75. The van der Waals surface area contributed by atoms with Gasteiger partial charge in [0.2, 0.25) is 5.62 Å². The lowest BCUT2D eigenvalue weighted by Gasteiger charge is -2.26. The summed E-state index contributed by atoms with van der Waals surface area (Å²) in [4.78, 5) is 28.6. The van der Waals surface area contributed by atoms with Crippen molar-refractivity contribution in [3.05, 3.63) is 41.6 Å². The molecule has 2 N–H and O–H groups in total. The van der Waals surface area contributed by atoms with E-state index >= 15 is 0 Å². The molecule has 11 heteroatoms. The molecule has 4 heterocycles. The van der Waals surface area contributed by atoms with Gasteiger partial charge in [-0.25, -0.2) is 9.97 Å². The van der Waals surface area contributed by atoms with Crippen molar-refractivity contribution in [2.24, 2.45) is 4.99 Å². The third-order valence-electron chi connectivity index (χ3n) is 6.35. The van der Waals surface area contributed by atoms with Crippen LogP contribution >= 0.6 is 0 Å². The van der Waals surface area contributed by atoms with Gasteiger partial charge in [0.15, 0.2) is 11.5 Å². The molecular weight excluding hydrogens is 462 g/mol. The summed E-state index contributed by atoms with van der Waals surface area (Å²) in [7, 11) is 3.37. The highest BCUT2D eigenvalue weighted by Gasteiger charge is 2.21. The Balaban J connectivity index is 1.43. The largest absolute Gasteiger partial charge is 0.491 e. The number of ether oxygens (including phenoxy) is 3. The van der Waals surface area contributed by atoms with Crippen molar-refractivity contribution < 1.29 is 19.0 Å². The van der Waals surface area contributed by atoms with Crippen molar-refractivity contribution in [1.82, 2.24) is 19.4 Å². The van der Waals surface area contributed by atoms with Crippen LogP contribution in [0, 0.1) is 0 Å². The first-order chi connectivity index (χ1) is 17.7. The summed E-state index contributed by atoms with van der Waals surface area (Å²) in [6, 6.07) is 7.31. The highest BCUT2D eigenvalue weighted by molar-refractivity contribution is 5.96. The summed E-state index contributed by atoms with van der Waals surface area (Å²) < 4.78 is 19.2. The van der Waals surface area contributed by atoms with Gasteiger partial charge in [0.1, 0.15) is 17.2 Å². The Bertz CT molecular complexity index is 1300. The first-order valence-corrected chi connectivity index (χ1v) is 12.2. The van der Waals surface area contributed by atoms with Crippen molar-refractivity contribution >= 4 is 28.4 Å². The quantitative estimate of drug-likeness (QED) is 0.453. The summed E-state index contributed by atoms with van der Waals surface area (Å²) in [5.41, 5.74) is 1.30. The van der Waals surface area contributed by atoms with Crippen LogP contribution in [-0.2, 0) is 11.3 Å². The third-order valence-corrected chi connectivity index (χ3v) is 6.35. The molecule has 2 aliphatic rings. The van der Waals surface area contributed by atoms with E-state index in [1.54, 1.807) is 26.3 Å². The molecule has 0 aliphatic carbocycles. The van der Waals surface area contributed by atoms with Gasteiger partial charge >= 0.3 is 0 Å². The zero-order chi connectivity index (χ0) is 24.9. The van der Waals surface area contributed by atoms with E-state index in [4.69, 9.17) is 19.2 Å². The van der Waals surface area contributed by atoms with Crippen LogP contribution in [-0.4, -0.2) is 85.5 Å². The van der Waals surface area contributed by atoms with Crippen LogP contribution in [0.25, 0.3) is 10.9 Å². The molecule has 2 aliphatic heterocycles. The van der Waals surface area contributed by atoms with E-state index < -0.39 is 5.91 Å². The van der Waals surface area contributed by atoms with E-state index in [1.165, 1.54) is 6.20 Å². The Morgan fingerprint density at radius 2 is 2.08 bits per heavy atom. The molecule has 1 saturated heterocycles. The number of hydrogen-bond acceptors (Lipinski definition) is 9. The number of hydrogen-bond donors (Lipinski definition) is 2. The number of aromatic nitrogens is 3. The topological polar surface area (TPSA) is 115 Å². The average molecular weight is 494 g/mol. The number of nitrogens with zero attached hydrogens (tertiary/aromatic N) is 5. The number of morpholine rings is 1. The molecular formula is C25H31N7O4. The molecule has 0 atom stereocenters. The van der Waals surface area contributed by atoms with Gasteiger partial charge in [0.05, 0.1) is 32.5 Å². The van der Waals surface area contributed by atoms with Crippen LogP contribution in [0.4, 0.5) is 11.6 Å². The fourth-order valence-corrected chi connectivity index (χ4v) is 4.46. The summed E-state index contributed by atoms with van der Waals surface area (Å²) in [6.45, 7) is 6.38. The molecule has 36 heavy (non-hydrogen) atoms. The van der Waals surface area contributed by atoms with Crippen molar-refractivity contribution in [2.45, 2.75) is 13.0 Å². The zero-order valence-electron chi connectivity index (χ0n) is 20.6. The minimum atomic E-state index is -0.409. The van der Waals surface area contributed by atoms with Gasteiger partial charge in [0, 0.05) is 51.4 Å². The van der Waals surface area contributed by atoms with Crippen LogP contribution in [0.1, 0.15) is 16.8 Å². The molecule has 0 saturated carbocycles. The first-order valence-electron chi connectivity index (χ1n) is 12.2. The monoisotopic (exact) mass is 493 g/mol. The Morgan fingerprint density at radius 1 is 1.22 bits per heavy atom. The van der Waals surface area contributed by atoms with E-state index in [-0.39, 0.29) is 0 Å². The number of amides is 1. The molecule has 1 amide bonds. The smallest absolute Gasteiger partial charge is 0.281 e. The fraction of sp³-hybridized carbons (Fsp3) is 0.440. The lowest BCUT2D eigenvalue weighted by Crippen LogP contribution is -2.37. The van der Waals surface area contributed by atoms with Gasteiger partial charge in [-0.2, -0.15) is 4.99 Å². The van der Waals surface area contributed by atoms with Crippen LogP contribution in [0.15, 0.2) is 35.5 Å². The molecule has 3 aromatic rings.